The van der Waals surface area contributed by atoms with Crippen molar-refractivity contribution in [1.29, 1.82) is 0 Å². The van der Waals surface area contributed by atoms with Gasteiger partial charge in [0.25, 0.3) is 5.91 Å². The molecule has 114 valence electrons. The van der Waals surface area contributed by atoms with Crippen LogP contribution in [0, 0.1) is 0 Å². The van der Waals surface area contributed by atoms with Gasteiger partial charge in [0.2, 0.25) is 5.91 Å². The third kappa shape index (κ3) is 3.33. The van der Waals surface area contributed by atoms with Gasteiger partial charge in [0, 0.05) is 0 Å². The Morgan fingerprint density at radius 1 is 1.48 bits per heavy atom. The van der Waals surface area contributed by atoms with Gasteiger partial charge >= 0.3 is 0 Å². The van der Waals surface area contributed by atoms with Crippen LogP contribution in [0.5, 0.6) is 5.75 Å². The molecular formula is C15H21N3O3. The normalized spacial score (nSPS) is 19.8. The number of anilines is 1. The molecule has 3 atom stereocenters. The Labute approximate surface area is 124 Å². The van der Waals surface area contributed by atoms with E-state index in [0.29, 0.717) is 17.9 Å². The van der Waals surface area contributed by atoms with E-state index in [2.05, 4.69) is 10.6 Å². The van der Waals surface area contributed by atoms with Gasteiger partial charge in [0.05, 0.1) is 17.8 Å². The molecule has 6 nitrogen and oxygen atoms in total. The van der Waals surface area contributed by atoms with Gasteiger partial charge < -0.3 is 21.1 Å². The molecule has 0 saturated carbocycles. The Morgan fingerprint density at radius 3 is 2.81 bits per heavy atom. The fourth-order valence-electron chi connectivity index (χ4n) is 2.13. The van der Waals surface area contributed by atoms with Crippen LogP contribution in [-0.4, -0.2) is 24.0 Å². The van der Waals surface area contributed by atoms with Crippen LogP contribution in [0.1, 0.15) is 38.8 Å². The van der Waals surface area contributed by atoms with Crippen molar-refractivity contribution < 1.29 is 14.3 Å². The zero-order chi connectivity index (χ0) is 15.6. The van der Waals surface area contributed by atoms with E-state index in [-0.39, 0.29) is 17.9 Å². The number of amides is 2. The lowest BCUT2D eigenvalue weighted by Crippen LogP contribution is -2.39. The van der Waals surface area contributed by atoms with Crippen molar-refractivity contribution in [3.63, 3.8) is 0 Å². The number of nitrogens with two attached hydrogens (primary N) is 1. The molecule has 0 aromatic heterocycles. The summed E-state index contributed by atoms with van der Waals surface area (Å²) in [4.78, 5) is 23.4. The SMILES string of the molecule is CCC1Oc2cc(C(C)NC(=O)[C@H](C)N)ccc2NC1=O. The molecule has 0 spiro atoms. The zero-order valence-corrected chi connectivity index (χ0v) is 12.5. The van der Waals surface area contributed by atoms with Crippen LogP contribution in [0.25, 0.3) is 0 Å². The highest BCUT2D eigenvalue weighted by molar-refractivity contribution is 5.97. The number of fused-ring (bicyclic) bond motifs is 1. The predicted molar refractivity (Wildman–Crippen MR) is 80.0 cm³/mol. The molecule has 4 N–H and O–H groups in total. The van der Waals surface area contributed by atoms with Crippen molar-refractivity contribution in [2.75, 3.05) is 5.32 Å². The average molecular weight is 291 g/mol. The van der Waals surface area contributed by atoms with Gasteiger partial charge in [-0.1, -0.05) is 13.0 Å². The maximum atomic E-state index is 11.7. The predicted octanol–water partition coefficient (Wildman–Crippen LogP) is 1.32. The van der Waals surface area contributed by atoms with Crippen LogP contribution >= 0.6 is 0 Å². The highest BCUT2D eigenvalue weighted by Gasteiger charge is 2.26. The van der Waals surface area contributed by atoms with E-state index >= 15 is 0 Å². The lowest BCUT2D eigenvalue weighted by molar-refractivity contribution is -0.123. The summed E-state index contributed by atoms with van der Waals surface area (Å²) in [7, 11) is 0. The van der Waals surface area contributed by atoms with Crippen molar-refractivity contribution >= 4 is 17.5 Å². The molecule has 6 heteroatoms. The summed E-state index contributed by atoms with van der Waals surface area (Å²) in [5, 5.41) is 5.64. The highest BCUT2D eigenvalue weighted by Crippen LogP contribution is 2.32. The van der Waals surface area contributed by atoms with Gasteiger partial charge in [-0.2, -0.15) is 0 Å². The molecule has 0 saturated heterocycles. The molecule has 0 radical (unpaired) electrons. The fraction of sp³-hybridized carbons (Fsp3) is 0.467. The Balaban J connectivity index is 2.17. The summed E-state index contributed by atoms with van der Waals surface area (Å²) < 4.78 is 5.69. The maximum Gasteiger partial charge on any atom is 0.265 e. The van der Waals surface area contributed by atoms with Gasteiger partial charge in [-0.25, -0.2) is 0 Å². The average Bonchev–Trinajstić information content (AvgIpc) is 2.45. The Bertz CT molecular complexity index is 557. The van der Waals surface area contributed by atoms with Crippen LogP contribution in [-0.2, 0) is 9.59 Å². The van der Waals surface area contributed by atoms with E-state index in [1.807, 2.05) is 26.0 Å². The molecule has 2 unspecified atom stereocenters. The Hall–Kier alpha value is -2.08. The van der Waals surface area contributed by atoms with E-state index in [1.165, 1.54) is 0 Å². The topological polar surface area (TPSA) is 93.4 Å². The first-order chi connectivity index (χ1) is 9.92. The standard InChI is InChI=1S/C15H21N3O3/c1-4-12-15(20)18-11-6-5-10(7-13(11)21-12)9(3)17-14(19)8(2)16/h5-9,12H,4,16H2,1-3H3,(H,17,19)(H,18,20)/t8-,9?,12?/m0/s1. The van der Waals surface area contributed by atoms with E-state index in [0.717, 1.165) is 5.56 Å². The smallest absolute Gasteiger partial charge is 0.265 e. The molecule has 0 bridgehead atoms. The number of nitrogens with one attached hydrogen (secondary N) is 2. The van der Waals surface area contributed by atoms with Gasteiger partial charge in [-0.3, -0.25) is 9.59 Å². The van der Waals surface area contributed by atoms with E-state index in [4.69, 9.17) is 10.5 Å². The molecule has 1 heterocycles. The number of benzene rings is 1. The zero-order valence-electron chi connectivity index (χ0n) is 12.5. The molecule has 1 aromatic carbocycles. The van der Waals surface area contributed by atoms with Crippen molar-refractivity contribution in [3.8, 4) is 5.75 Å². The summed E-state index contributed by atoms with van der Waals surface area (Å²) in [5.74, 6) is 0.290. The second-order valence-electron chi connectivity index (χ2n) is 5.28. The highest BCUT2D eigenvalue weighted by atomic mass is 16.5. The first-order valence-corrected chi connectivity index (χ1v) is 7.09. The molecule has 0 aliphatic carbocycles. The second-order valence-corrected chi connectivity index (χ2v) is 5.28. The number of hydrogen-bond donors (Lipinski definition) is 3. The quantitative estimate of drug-likeness (QED) is 0.780. The largest absolute Gasteiger partial charge is 0.478 e. The summed E-state index contributed by atoms with van der Waals surface area (Å²) >= 11 is 0. The van der Waals surface area contributed by atoms with Crippen LogP contribution in [0.3, 0.4) is 0 Å². The molecule has 1 aliphatic rings. The van der Waals surface area contributed by atoms with Crippen LogP contribution in [0.2, 0.25) is 0 Å². The summed E-state index contributed by atoms with van der Waals surface area (Å²) in [6, 6.07) is 4.73. The lowest BCUT2D eigenvalue weighted by Gasteiger charge is -2.26. The Morgan fingerprint density at radius 2 is 2.19 bits per heavy atom. The van der Waals surface area contributed by atoms with Crippen LogP contribution in [0.4, 0.5) is 5.69 Å². The molecular weight excluding hydrogens is 270 g/mol. The third-order valence-corrected chi connectivity index (χ3v) is 3.47. The number of carbonyl (C=O) groups excluding carboxylic acids is 2. The minimum atomic E-state index is -0.551. The van der Waals surface area contributed by atoms with E-state index < -0.39 is 12.1 Å². The first-order valence-electron chi connectivity index (χ1n) is 7.09. The molecule has 2 rings (SSSR count). The molecule has 1 aliphatic heterocycles. The van der Waals surface area contributed by atoms with Gasteiger partial charge in [0.1, 0.15) is 5.75 Å². The molecule has 21 heavy (non-hydrogen) atoms. The van der Waals surface area contributed by atoms with Crippen LogP contribution in [0.15, 0.2) is 18.2 Å². The van der Waals surface area contributed by atoms with Gasteiger partial charge in [-0.05, 0) is 38.0 Å². The maximum absolute atomic E-state index is 11.7. The summed E-state index contributed by atoms with van der Waals surface area (Å²) in [6.45, 7) is 5.41. The van der Waals surface area contributed by atoms with Crippen molar-refractivity contribution in [2.24, 2.45) is 5.73 Å². The number of carbonyl (C=O) groups is 2. The number of hydrogen-bond acceptors (Lipinski definition) is 4. The van der Waals surface area contributed by atoms with E-state index in [9.17, 15) is 9.59 Å². The third-order valence-electron chi connectivity index (χ3n) is 3.47. The molecule has 0 fully saturated rings. The minimum absolute atomic E-state index is 0.129. The Kier molecular flexibility index (Phi) is 4.47. The molecule has 1 aromatic rings. The monoisotopic (exact) mass is 291 g/mol. The van der Waals surface area contributed by atoms with Crippen molar-refractivity contribution in [3.05, 3.63) is 23.8 Å². The van der Waals surface area contributed by atoms with Crippen molar-refractivity contribution in [1.82, 2.24) is 5.32 Å². The number of rotatable bonds is 4. The van der Waals surface area contributed by atoms with Gasteiger partial charge in [-0.15, -0.1) is 0 Å². The van der Waals surface area contributed by atoms with Crippen LogP contribution < -0.4 is 21.1 Å². The van der Waals surface area contributed by atoms with Gasteiger partial charge in [0.15, 0.2) is 6.10 Å². The number of ether oxygens (including phenoxy) is 1. The second kappa shape index (κ2) is 6.13. The fourth-order valence-corrected chi connectivity index (χ4v) is 2.13. The summed E-state index contributed by atoms with van der Waals surface area (Å²) in [5.41, 5.74) is 7.09. The molecule has 2 amide bonds. The van der Waals surface area contributed by atoms with Crippen molar-refractivity contribution in [2.45, 2.75) is 45.4 Å². The summed E-state index contributed by atoms with van der Waals surface area (Å²) in [6.07, 6.45) is 0.133. The first kappa shape index (κ1) is 15.3. The lowest BCUT2D eigenvalue weighted by atomic mass is 10.1. The van der Waals surface area contributed by atoms with E-state index in [1.54, 1.807) is 13.0 Å². The minimum Gasteiger partial charge on any atom is -0.478 e.